The van der Waals surface area contributed by atoms with Crippen molar-refractivity contribution in [3.05, 3.63) is 35.4 Å². The van der Waals surface area contributed by atoms with Crippen molar-refractivity contribution in [2.45, 2.75) is 32.5 Å². The van der Waals surface area contributed by atoms with E-state index < -0.39 is 0 Å². The van der Waals surface area contributed by atoms with Gasteiger partial charge in [0, 0.05) is 7.05 Å². The maximum Gasteiger partial charge on any atom is 0.241 e. The smallest absolute Gasteiger partial charge is 0.241 e. The van der Waals surface area contributed by atoms with Gasteiger partial charge in [-0.05, 0) is 18.9 Å². The van der Waals surface area contributed by atoms with E-state index in [4.69, 9.17) is 0 Å². The Morgan fingerprint density at radius 2 is 2.19 bits per heavy atom. The molecule has 3 nitrogen and oxygen atoms in total. The normalized spacial score (nSPS) is 25.2. The van der Waals surface area contributed by atoms with Crippen molar-refractivity contribution in [3.63, 3.8) is 0 Å². The van der Waals surface area contributed by atoms with Crippen molar-refractivity contribution in [3.8, 4) is 0 Å². The summed E-state index contributed by atoms with van der Waals surface area (Å²) in [6, 6.07) is 8.25. The molecule has 0 aromatic heterocycles. The second-order valence-electron chi connectivity index (χ2n) is 4.39. The van der Waals surface area contributed by atoms with Gasteiger partial charge in [0.25, 0.3) is 0 Å². The second kappa shape index (κ2) is 4.26. The molecule has 1 heterocycles. The molecule has 16 heavy (non-hydrogen) atoms. The number of amides is 1. The van der Waals surface area contributed by atoms with Gasteiger partial charge in [0.15, 0.2) is 0 Å². The molecule has 0 bridgehead atoms. The third kappa shape index (κ3) is 1.83. The fourth-order valence-corrected chi connectivity index (χ4v) is 2.20. The molecule has 3 heteroatoms. The minimum absolute atomic E-state index is 0.0253. The van der Waals surface area contributed by atoms with E-state index in [0.29, 0.717) is 0 Å². The summed E-state index contributed by atoms with van der Waals surface area (Å²) < 4.78 is 0. The Balaban J connectivity index is 2.26. The number of nitrogens with one attached hydrogen (secondary N) is 1. The van der Waals surface area contributed by atoms with Crippen molar-refractivity contribution in [2.24, 2.45) is 0 Å². The first-order valence-corrected chi connectivity index (χ1v) is 5.72. The quantitative estimate of drug-likeness (QED) is 0.821. The van der Waals surface area contributed by atoms with Crippen LogP contribution in [-0.4, -0.2) is 23.9 Å². The average molecular weight is 218 g/mol. The van der Waals surface area contributed by atoms with Gasteiger partial charge in [-0.25, -0.2) is 0 Å². The third-order valence-corrected chi connectivity index (χ3v) is 3.16. The Hall–Kier alpha value is -1.35. The number of carbonyl (C=O) groups is 1. The zero-order chi connectivity index (χ0) is 11.7. The minimum atomic E-state index is -0.0319. The molecule has 2 atom stereocenters. The molecule has 1 saturated heterocycles. The fraction of sp³-hybridized carbons (Fsp3) is 0.462. The maximum atomic E-state index is 11.9. The zero-order valence-electron chi connectivity index (χ0n) is 10.0. The Bertz CT molecular complexity index is 403. The Morgan fingerprint density at radius 3 is 2.75 bits per heavy atom. The lowest BCUT2D eigenvalue weighted by Gasteiger charge is -2.20. The van der Waals surface area contributed by atoms with Crippen LogP contribution in [0.2, 0.25) is 0 Å². The van der Waals surface area contributed by atoms with Crippen molar-refractivity contribution in [1.82, 2.24) is 10.2 Å². The second-order valence-corrected chi connectivity index (χ2v) is 4.39. The van der Waals surface area contributed by atoms with Gasteiger partial charge in [-0.2, -0.15) is 0 Å². The molecular formula is C13H18N2O. The van der Waals surface area contributed by atoms with Crippen molar-refractivity contribution < 1.29 is 4.79 Å². The molecule has 1 aromatic carbocycles. The van der Waals surface area contributed by atoms with Crippen LogP contribution in [0.25, 0.3) is 0 Å². The van der Waals surface area contributed by atoms with Crippen LogP contribution in [0.1, 0.15) is 30.6 Å². The lowest BCUT2D eigenvalue weighted by atomic mass is 10.1. The summed E-state index contributed by atoms with van der Waals surface area (Å²) in [4.78, 5) is 13.7. The summed E-state index contributed by atoms with van der Waals surface area (Å²) >= 11 is 0. The van der Waals surface area contributed by atoms with Crippen molar-refractivity contribution in [1.29, 1.82) is 0 Å². The molecule has 0 radical (unpaired) electrons. The predicted octanol–water partition coefficient (Wildman–Crippen LogP) is 1.83. The maximum absolute atomic E-state index is 11.9. The van der Waals surface area contributed by atoms with Crippen LogP contribution in [0.5, 0.6) is 0 Å². The Labute approximate surface area is 96.5 Å². The molecule has 2 unspecified atom stereocenters. The predicted molar refractivity (Wildman–Crippen MR) is 63.9 cm³/mol. The first kappa shape index (κ1) is 11.1. The number of nitrogens with zero attached hydrogens (tertiary/aromatic N) is 1. The highest BCUT2D eigenvalue weighted by Gasteiger charge is 2.35. The first-order chi connectivity index (χ1) is 7.63. The van der Waals surface area contributed by atoms with Crippen molar-refractivity contribution in [2.75, 3.05) is 7.05 Å². The van der Waals surface area contributed by atoms with E-state index in [1.165, 1.54) is 5.56 Å². The lowest BCUT2D eigenvalue weighted by molar-refractivity contribution is -0.128. The van der Waals surface area contributed by atoms with E-state index in [0.717, 1.165) is 12.0 Å². The summed E-state index contributed by atoms with van der Waals surface area (Å²) in [7, 11) is 1.86. The van der Waals surface area contributed by atoms with Gasteiger partial charge in [-0.3, -0.25) is 10.1 Å². The van der Waals surface area contributed by atoms with Crippen LogP contribution in [-0.2, 0) is 4.79 Å². The van der Waals surface area contributed by atoms with E-state index in [9.17, 15) is 4.79 Å². The highest BCUT2D eigenvalue weighted by atomic mass is 16.2. The van der Waals surface area contributed by atoms with Gasteiger partial charge in [0.2, 0.25) is 5.91 Å². The monoisotopic (exact) mass is 218 g/mol. The van der Waals surface area contributed by atoms with E-state index in [1.54, 1.807) is 4.90 Å². The van der Waals surface area contributed by atoms with Crippen LogP contribution in [0, 0.1) is 6.92 Å². The number of aryl methyl sites for hydroxylation is 1. The van der Waals surface area contributed by atoms with Crippen molar-refractivity contribution >= 4 is 5.91 Å². The molecule has 1 aromatic rings. The number of carbonyl (C=O) groups excluding carboxylic acids is 1. The number of benzene rings is 1. The highest BCUT2D eigenvalue weighted by molar-refractivity contribution is 5.84. The molecule has 2 rings (SSSR count). The molecule has 1 fully saturated rings. The summed E-state index contributed by atoms with van der Waals surface area (Å²) in [6.45, 7) is 4.10. The van der Waals surface area contributed by atoms with Crippen LogP contribution in [0.15, 0.2) is 24.3 Å². The summed E-state index contributed by atoms with van der Waals surface area (Å²) in [5.74, 6) is 0.189. The molecule has 0 aliphatic carbocycles. The number of rotatable bonds is 2. The number of likely N-dealkylation sites (N-methyl/N-ethyl adjacent to an activating group) is 1. The van der Waals surface area contributed by atoms with Crippen LogP contribution >= 0.6 is 0 Å². The molecule has 1 aliphatic heterocycles. The number of hydrogen-bond acceptors (Lipinski definition) is 2. The van der Waals surface area contributed by atoms with E-state index >= 15 is 0 Å². The van der Waals surface area contributed by atoms with Crippen LogP contribution < -0.4 is 5.32 Å². The van der Waals surface area contributed by atoms with Gasteiger partial charge in [0.05, 0.1) is 6.04 Å². The van der Waals surface area contributed by atoms with Gasteiger partial charge in [0.1, 0.15) is 6.17 Å². The molecule has 1 aliphatic rings. The molecule has 1 N–H and O–H groups in total. The molecule has 0 spiro atoms. The van der Waals surface area contributed by atoms with E-state index in [1.807, 2.05) is 20.0 Å². The fourth-order valence-electron chi connectivity index (χ4n) is 2.20. The Morgan fingerprint density at radius 1 is 1.44 bits per heavy atom. The first-order valence-electron chi connectivity index (χ1n) is 5.72. The van der Waals surface area contributed by atoms with Crippen LogP contribution in [0.4, 0.5) is 0 Å². The summed E-state index contributed by atoms with van der Waals surface area (Å²) in [6.07, 6.45) is 0.864. The largest absolute Gasteiger partial charge is 0.325 e. The van der Waals surface area contributed by atoms with Crippen LogP contribution in [0.3, 0.4) is 0 Å². The standard InChI is InChI=1S/C13H18N2O/c1-4-11-13(16)15(3)12(14-11)10-7-5-6-9(2)8-10/h5-8,11-12,14H,4H2,1-3H3. The van der Waals surface area contributed by atoms with Gasteiger partial charge >= 0.3 is 0 Å². The van der Waals surface area contributed by atoms with Gasteiger partial charge in [-0.15, -0.1) is 0 Å². The molecule has 86 valence electrons. The average Bonchev–Trinajstić information content (AvgIpc) is 2.56. The zero-order valence-corrected chi connectivity index (χ0v) is 10.0. The summed E-state index contributed by atoms with van der Waals surface area (Å²) in [5, 5.41) is 3.36. The van der Waals surface area contributed by atoms with E-state index in [-0.39, 0.29) is 18.1 Å². The number of hydrogen-bond donors (Lipinski definition) is 1. The molecule has 0 saturated carbocycles. The van der Waals surface area contributed by atoms with Gasteiger partial charge in [-0.1, -0.05) is 36.8 Å². The summed E-state index contributed by atoms with van der Waals surface area (Å²) in [5.41, 5.74) is 2.38. The SMILES string of the molecule is CCC1NC(c2cccc(C)c2)N(C)C1=O. The molecule has 1 amide bonds. The lowest BCUT2D eigenvalue weighted by Crippen LogP contribution is -2.27. The molecular weight excluding hydrogens is 200 g/mol. The highest BCUT2D eigenvalue weighted by Crippen LogP contribution is 2.25. The van der Waals surface area contributed by atoms with E-state index in [2.05, 4.69) is 30.4 Å². The Kier molecular flexibility index (Phi) is 2.97. The minimum Gasteiger partial charge on any atom is -0.325 e. The topological polar surface area (TPSA) is 32.3 Å². The van der Waals surface area contributed by atoms with Gasteiger partial charge < -0.3 is 4.90 Å². The third-order valence-electron chi connectivity index (χ3n) is 3.16.